The second-order valence-electron chi connectivity index (χ2n) is 9.22. The fourth-order valence-electron chi connectivity index (χ4n) is 3.51. The number of carbonyl (C=O) groups excluding carboxylic acids is 3. The van der Waals surface area contributed by atoms with Crippen molar-refractivity contribution in [3.05, 3.63) is 170 Å². The molecule has 0 saturated carbocycles. The maximum absolute atomic E-state index is 10.2. The van der Waals surface area contributed by atoms with Gasteiger partial charge in [0.05, 0.1) is 40.7 Å². The van der Waals surface area contributed by atoms with E-state index in [1.807, 2.05) is 54.6 Å². The molecule has 6 aromatic rings. The Kier molecular flexibility index (Phi) is 20.8. The molecule has 3 aromatic heterocycles. The van der Waals surface area contributed by atoms with Crippen LogP contribution in [0.3, 0.4) is 0 Å². The van der Waals surface area contributed by atoms with E-state index in [1.165, 1.54) is 36.4 Å². The summed E-state index contributed by atoms with van der Waals surface area (Å²) in [5.74, 6) is -3.44. The monoisotopic (exact) mass is 1020 g/mol. The summed E-state index contributed by atoms with van der Waals surface area (Å²) in [5, 5.41) is 30.6. The Bertz CT molecular complexity index is 1730. The van der Waals surface area contributed by atoms with E-state index in [0.717, 1.165) is 36.2 Å². The number of benzene rings is 3. The van der Waals surface area contributed by atoms with Crippen LogP contribution in [0.15, 0.2) is 153 Å². The predicted octanol–water partition coefficient (Wildman–Crippen LogP) is 4.72. The smallest absolute Gasteiger partial charge is 0.545 e. The van der Waals surface area contributed by atoms with E-state index in [-0.39, 0.29) is 59.0 Å². The third-order valence-electron chi connectivity index (χ3n) is 5.84. The van der Waals surface area contributed by atoms with Gasteiger partial charge in [0.1, 0.15) is 0 Å². The summed E-state index contributed by atoms with van der Waals surface area (Å²) in [6.45, 7) is 0. The van der Waals surface area contributed by atoms with Crippen LogP contribution in [0, 0.1) is 36.9 Å². The van der Waals surface area contributed by atoms with Gasteiger partial charge in [0.15, 0.2) is 0 Å². The fraction of sp³-hybridized carbons (Fsp3) is 0. The fourth-order valence-corrected chi connectivity index (χ4v) is 4.30. The van der Waals surface area contributed by atoms with E-state index in [0.29, 0.717) is 0 Å². The van der Waals surface area contributed by atoms with E-state index < -0.39 is 17.9 Å². The van der Waals surface area contributed by atoms with Gasteiger partial charge in [0.2, 0.25) is 0 Å². The Balaban J connectivity index is 0.000000344. The van der Waals surface area contributed by atoms with Crippen LogP contribution in [0.25, 0.3) is 22.8 Å². The van der Waals surface area contributed by atoms with Crippen molar-refractivity contribution in [3.63, 3.8) is 0 Å². The molecule has 0 atom stereocenters. The molecule has 10 nitrogen and oxygen atoms in total. The van der Waals surface area contributed by atoms with Gasteiger partial charge in [-0.15, -0.1) is 0 Å². The first-order valence-corrected chi connectivity index (χ1v) is 16.1. The first-order valence-electron chi connectivity index (χ1n) is 13.7. The van der Waals surface area contributed by atoms with Crippen molar-refractivity contribution in [2.24, 2.45) is 0 Å². The number of carbonyl (C=O) groups is 3. The van der Waals surface area contributed by atoms with Gasteiger partial charge < -0.3 is 35.2 Å². The SMILES string of the molecule is O=C([O-])c1ccc(Br)cc1.O=C([O-])c1ccc(Br)cc1.O=C([O-])c1ccc(Br)cc1.[Lu+3].[OH3+].c1ccc(-c2cccc(-c3ccccn3)n2)nc1. The molecule has 50 heavy (non-hydrogen) atoms. The Hall–Kier alpha value is -3.85. The van der Waals surface area contributed by atoms with Crippen LogP contribution in [0.4, 0.5) is 0 Å². The molecule has 0 bridgehead atoms. The van der Waals surface area contributed by atoms with Crippen molar-refractivity contribution in [1.82, 2.24) is 15.0 Å². The van der Waals surface area contributed by atoms with E-state index in [9.17, 15) is 29.7 Å². The van der Waals surface area contributed by atoms with E-state index in [2.05, 4.69) is 62.7 Å². The van der Waals surface area contributed by atoms with Gasteiger partial charge in [-0.25, -0.2) is 4.98 Å². The topological polar surface area (TPSA) is 192 Å². The number of carboxylic acids is 3. The predicted molar refractivity (Wildman–Crippen MR) is 191 cm³/mol. The van der Waals surface area contributed by atoms with Gasteiger partial charge in [0.25, 0.3) is 0 Å². The van der Waals surface area contributed by atoms with Gasteiger partial charge in [-0.05, 0) is 89.5 Å². The van der Waals surface area contributed by atoms with Gasteiger partial charge in [-0.1, -0.05) is 102 Å². The molecule has 0 unspecified atom stereocenters. The van der Waals surface area contributed by atoms with Crippen LogP contribution in [0.5, 0.6) is 0 Å². The number of halogens is 3. The average molecular weight is 1030 g/mol. The molecule has 262 valence electrons. The van der Waals surface area contributed by atoms with Gasteiger partial charge in [-0.2, -0.15) is 0 Å². The molecule has 0 saturated heterocycles. The Morgan fingerprint density at radius 1 is 0.420 bits per heavy atom. The molecule has 0 aliphatic rings. The third-order valence-corrected chi connectivity index (χ3v) is 7.43. The van der Waals surface area contributed by atoms with Crippen LogP contribution in [0.1, 0.15) is 31.1 Å². The molecule has 0 aliphatic carbocycles. The molecule has 0 radical (unpaired) electrons. The summed E-state index contributed by atoms with van der Waals surface area (Å²) in [4.78, 5) is 43.7. The van der Waals surface area contributed by atoms with Gasteiger partial charge in [0, 0.05) is 25.8 Å². The zero-order valence-corrected chi connectivity index (χ0v) is 32.0. The van der Waals surface area contributed by atoms with Crippen LogP contribution < -0.4 is 15.3 Å². The zero-order chi connectivity index (χ0) is 34.9. The Morgan fingerprint density at radius 3 is 0.940 bits per heavy atom. The molecule has 0 amide bonds. The van der Waals surface area contributed by atoms with Gasteiger partial charge >= 0.3 is 36.9 Å². The number of carboxylic acid groups (broad SMARTS) is 3. The first-order chi connectivity index (χ1) is 23.0. The van der Waals surface area contributed by atoms with Crippen LogP contribution in [-0.2, 0) is 5.48 Å². The largest absolute Gasteiger partial charge is 3.00 e. The van der Waals surface area contributed by atoms with E-state index >= 15 is 0 Å². The quantitative estimate of drug-likeness (QED) is 0.220. The molecule has 3 N–H and O–H groups in total. The number of hydrogen-bond acceptors (Lipinski definition) is 9. The van der Waals surface area contributed by atoms with Crippen LogP contribution in [0.2, 0.25) is 0 Å². The van der Waals surface area contributed by atoms with E-state index in [1.54, 1.807) is 48.8 Å². The zero-order valence-electron chi connectivity index (χ0n) is 25.5. The van der Waals surface area contributed by atoms with Crippen LogP contribution in [-0.4, -0.2) is 32.9 Å². The molecular formula is C36H26Br3LuN3O7+. The summed E-state index contributed by atoms with van der Waals surface area (Å²) in [5.41, 5.74) is 4.05. The first kappa shape index (κ1) is 44.2. The number of nitrogens with zero attached hydrogens (tertiary/aromatic N) is 3. The minimum Gasteiger partial charge on any atom is -0.545 e. The minimum atomic E-state index is -1.15. The normalized spacial score (nSPS) is 9.26. The molecule has 14 heteroatoms. The second-order valence-corrected chi connectivity index (χ2v) is 12.0. The summed E-state index contributed by atoms with van der Waals surface area (Å²) in [6, 6.07) is 36.3. The number of aromatic carboxylic acids is 3. The minimum absolute atomic E-state index is 0. The van der Waals surface area contributed by atoms with Crippen molar-refractivity contribution >= 4 is 65.7 Å². The third kappa shape index (κ3) is 15.8. The maximum Gasteiger partial charge on any atom is 3.00 e. The number of aromatic nitrogens is 3. The molecular weight excluding hydrogens is 1000 g/mol. The average Bonchev–Trinajstić information content (AvgIpc) is 3.10. The molecule has 0 fully saturated rings. The standard InChI is InChI=1S/C15H11N3.3C7H5BrO2.Lu.H2O/c1-3-10-16-12(6-1)14-8-5-9-15(18-14)13-7-2-4-11-17-13;3*8-6-3-1-5(2-4-6)7(9)10;;/h1-11H;3*1-4H,(H,9,10);;1H2/q;;;;+3;/p-2. The summed E-state index contributed by atoms with van der Waals surface area (Å²) < 4.78 is 2.58. The number of pyridine rings is 3. The molecule has 3 heterocycles. The maximum atomic E-state index is 10.2. The van der Waals surface area contributed by atoms with Crippen LogP contribution >= 0.6 is 47.8 Å². The Morgan fingerprint density at radius 2 is 0.700 bits per heavy atom. The summed E-state index contributed by atoms with van der Waals surface area (Å²) in [7, 11) is 0. The van der Waals surface area contributed by atoms with Crippen molar-refractivity contribution in [1.29, 1.82) is 0 Å². The summed E-state index contributed by atoms with van der Waals surface area (Å²) in [6.07, 6.45) is 3.54. The van der Waals surface area contributed by atoms with Crippen molar-refractivity contribution in [2.75, 3.05) is 0 Å². The molecule has 6 rings (SSSR count). The summed E-state index contributed by atoms with van der Waals surface area (Å²) >= 11 is 9.54. The number of hydrogen-bond donors (Lipinski definition) is 0. The number of rotatable bonds is 5. The Labute approximate surface area is 342 Å². The van der Waals surface area contributed by atoms with Gasteiger partial charge in [-0.3, -0.25) is 9.97 Å². The van der Waals surface area contributed by atoms with Crippen molar-refractivity contribution < 1.29 is 72.1 Å². The van der Waals surface area contributed by atoms with Crippen molar-refractivity contribution in [3.8, 4) is 22.8 Å². The molecule has 0 spiro atoms. The molecule has 3 aromatic carbocycles. The molecule has 0 aliphatic heterocycles. The van der Waals surface area contributed by atoms with E-state index in [4.69, 9.17) is 0 Å². The second kappa shape index (κ2) is 23.5. The van der Waals surface area contributed by atoms with Crippen molar-refractivity contribution in [2.45, 2.75) is 0 Å².